The van der Waals surface area contributed by atoms with Crippen LogP contribution < -0.4 is 10.5 Å². The number of thioether (sulfide) groups is 1. The summed E-state index contributed by atoms with van der Waals surface area (Å²) >= 11 is 1.91. The Kier molecular flexibility index (Phi) is 3.38. The van der Waals surface area contributed by atoms with Gasteiger partial charge in [-0.2, -0.15) is 0 Å². The summed E-state index contributed by atoms with van der Waals surface area (Å²) in [5, 5.41) is 0. The number of fused-ring (bicyclic) bond motifs is 1. The van der Waals surface area contributed by atoms with Crippen molar-refractivity contribution in [1.82, 2.24) is 0 Å². The van der Waals surface area contributed by atoms with Crippen LogP contribution in [0, 0.1) is 6.92 Å². The molecule has 0 amide bonds. The molecule has 2 aromatic rings. The van der Waals surface area contributed by atoms with Gasteiger partial charge < -0.3 is 10.5 Å². The topological polar surface area (TPSA) is 35.2 Å². The first-order valence-corrected chi connectivity index (χ1v) is 7.44. The molecule has 0 aliphatic carbocycles. The average molecular weight is 271 g/mol. The largest absolute Gasteiger partial charge is 0.493 e. The fourth-order valence-electron chi connectivity index (χ4n) is 2.35. The SMILES string of the molecule is Cc1c(N)cccc1OCC1CSc2ccccc21. The highest BCUT2D eigenvalue weighted by atomic mass is 32.2. The van der Waals surface area contributed by atoms with Crippen LogP contribution in [0.25, 0.3) is 0 Å². The van der Waals surface area contributed by atoms with E-state index in [0.29, 0.717) is 12.5 Å². The van der Waals surface area contributed by atoms with Crippen LogP contribution in [0.1, 0.15) is 17.0 Å². The van der Waals surface area contributed by atoms with Crippen molar-refractivity contribution in [3.63, 3.8) is 0 Å². The van der Waals surface area contributed by atoms with Gasteiger partial charge in [-0.15, -0.1) is 11.8 Å². The molecule has 0 spiro atoms. The zero-order chi connectivity index (χ0) is 13.2. The predicted octanol–water partition coefficient (Wildman–Crippen LogP) is 3.85. The van der Waals surface area contributed by atoms with E-state index >= 15 is 0 Å². The van der Waals surface area contributed by atoms with Crippen LogP contribution in [0.2, 0.25) is 0 Å². The van der Waals surface area contributed by atoms with E-state index in [1.807, 2.05) is 36.9 Å². The second-order valence-corrected chi connectivity index (χ2v) is 5.89. The molecule has 0 saturated heterocycles. The number of benzene rings is 2. The van der Waals surface area contributed by atoms with Crippen LogP contribution >= 0.6 is 11.8 Å². The van der Waals surface area contributed by atoms with Gasteiger partial charge in [-0.3, -0.25) is 0 Å². The molecule has 3 rings (SSSR count). The van der Waals surface area contributed by atoms with E-state index in [-0.39, 0.29) is 0 Å². The third-order valence-electron chi connectivity index (χ3n) is 3.56. The molecule has 19 heavy (non-hydrogen) atoms. The van der Waals surface area contributed by atoms with Gasteiger partial charge in [0.1, 0.15) is 5.75 Å². The molecule has 2 nitrogen and oxygen atoms in total. The maximum Gasteiger partial charge on any atom is 0.124 e. The summed E-state index contributed by atoms with van der Waals surface area (Å²) in [6.45, 7) is 2.72. The van der Waals surface area contributed by atoms with Gasteiger partial charge in [-0.25, -0.2) is 0 Å². The maximum absolute atomic E-state index is 5.97. The number of rotatable bonds is 3. The van der Waals surface area contributed by atoms with Gasteiger partial charge in [-0.1, -0.05) is 24.3 Å². The maximum atomic E-state index is 5.97. The van der Waals surface area contributed by atoms with Crippen molar-refractivity contribution in [3.05, 3.63) is 53.6 Å². The van der Waals surface area contributed by atoms with E-state index in [0.717, 1.165) is 22.8 Å². The highest BCUT2D eigenvalue weighted by molar-refractivity contribution is 7.99. The van der Waals surface area contributed by atoms with Crippen LogP contribution in [0.4, 0.5) is 5.69 Å². The fourth-order valence-corrected chi connectivity index (χ4v) is 3.58. The van der Waals surface area contributed by atoms with Gasteiger partial charge in [-0.05, 0) is 30.7 Å². The molecule has 2 aromatic carbocycles. The molecule has 1 aliphatic rings. The molecular formula is C16H17NOS. The summed E-state index contributed by atoms with van der Waals surface area (Å²) in [6.07, 6.45) is 0. The molecule has 98 valence electrons. The lowest BCUT2D eigenvalue weighted by atomic mass is 10.0. The number of ether oxygens (including phenoxy) is 1. The van der Waals surface area contributed by atoms with Crippen molar-refractivity contribution < 1.29 is 4.74 Å². The highest BCUT2D eigenvalue weighted by Crippen LogP contribution is 2.39. The summed E-state index contributed by atoms with van der Waals surface area (Å²) in [7, 11) is 0. The molecule has 0 aromatic heterocycles. The molecule has 0 saturated carbocycles. The standard InChI is InChI=1S/C16H17NOS/c1-11-14(17)6-4-7-15(11)18-9-12-10-19-16-8-3-2-5-13(12)16/h2-8,12H,9-10,17H2,1H3. The smallest absolute Gasteiger partial charge is 0.124 e. The Labute approximate surface area is 118 Å². The Morgan fingerprint density at radius 2 is 2.05 bits per heavy atom. The molecule has 0 bridgehead atoms. The van der Waals surface area contributed by atoms with E-state index in [4.69, 9.17) is 10.5 Å². The second-order valence-electron chi connectivity index (χ2n) is 4.83. The lowest BCUT2D eigenvalue weighted by molar-refractivity contribution is 0.296. The molecular weight excluding hydrogens is 254 g/mol. The van der Waals surface area contributed by atoms with Crippen molar-refractivity contribution in [3.8, 4) is 5.75 Å². The van der Waals surface area contributed by atoms with Crippen molar-refractivity contribution in [1.29, 1.82) is 0 Å². The molecule has 2 N–H and O–H groups in total. The molecule has 0 fully saturated rings. The van der Waals surface area contributed by atoms with Crippen LogP contribution in [-0.2, 0) is 0 Å². The highest BCUT2D eigenvalue weighted by Gasteiger charge is 2.23. The molecule has 3 heteroatoms. The summed E-state index contributed by atoms with van der Waals surface area (Å²) in [6, 6.07) is 14.4. The minimum Gasteiger partial charge on any atom is -0.493 e. The average Bonchev–Trinajstić information content (AvgIpc) is 2.84. The van der Waals surface area contributed by atoms with Gasteiger partial charge in [0.05, 0.1) is 6.61 Å². The second kappa shape index (κ2) is 5.17. The summed E-state index contributed by atoms with van der Waals surface area (Å²) in [5.74, 6) is 2.47. The quantitative estimate of drug-likeness (QED) is 0.861. The van der Waals surface area contributed by atoms with Crippen LogP contribution in [-0.4, -0.2) is 12.4 Å². The number of hydrogen-bond acceptors (Lipinski definition) is 3. The third-order valence-corrected chi connectivity index (χ3v) is 4.82. The van der Waals surface area contributed by atoms with E-state index in [2.05, 4.69) is 24.3 Å². The van der Waals surface area contributed by atoms with E-state index in [1.165, 1.54) is 10.5 Å². The molecule has 1 atom stereocenters. The van der Waals surface area contributed by atoms with Crippen molar-refractivity contribution in [2.45, 2.75) is 17.7 Å². The van der Waals surface area contributed by atoms with Gasteiger partial charge in [0.25, 0.3) is 0 Å². The molecule has 1 unspecified atom stereocenters. The van der Waals surface area contributed by atoms with Crippen LogP contribution in [0.5, 0.6) is 5.75 Å². The zero-order valence-corrected chi connectivity index (χ0v) is 11.7. The van der Waals surface area contributed by atoms with Crippen molar-refractivity contribution in [2.24, 2.45) is 0 Å². The van der Waals surface area contributed by atoms with E-state index in [1.54, 1.807) is 0 Å². The first kappa shape index (κ1) is 12.4. The Hall–Kier alpha value is -1.61. The van der Waals surface area contributed by atoms with Crippen LogP contribution in [0.3, 0.4) is 0 Å². The Balaban J connectivity index is 1.73. The lowest BCUT2D eigenvalue weighted by Crippen LogP contribution is -2.10. The number of nitrogen functional groups attached to an aromatic ring is 1. The normalized spacial score (nSPS) is 17.2. The fraction of sp³-hybridized carbons (Fsp3) is 0.250. The Morgan fingerprint density at radius 1 is 1.21 bits per heavy atom. The monoisotopic (exact) mass is 271 g/mol. The number of anilines is 1. The van der Waals surface area contributed by atoms with Gasteiger partial charge in [0.2, 0.25) is 0 Å². The lowest BCUT2D eigenvalue weighted by Gasteiger charge is -2.15. The van der Waals surface area contributed by atoms with Crippen LogP contribution in [0.15, 0.2) is 47.4 Å². The van der Waals surface area contributed by atoms with Crippen molar-refractivity contribution >= 4 is 17.4 Å². The molecule has 1 aliphatic heterocycles. The van der Waals surface area contributed by atoms with Gasteiger partial charge in [0, 0.05) is 27.8 Å². The summed E-state index contributed by atoms with van der Waals surface area (Å²) in [4.78, 5) is 1.39. The number of hydrogen-bond donors (Lipinski definition) is 1. The first-order valence-electron chi connectivity index (χ1n) is 6.45. The van der Waals surface area contributed by atoms with E-state index in [9.17, 15) is 0 Å². The minimum absolute atomic E-state index is 0.474. The van der Waals surface area contributed by atoms with Gasteiger partial charge in [0.15, 0.2) is 0 Å². The molecule has 0 radical (unpaired) electrons. The predicted molar refractivity (Wildman–Crippen MR) is 81.0 cm³/mol. The summed E-state index contributed by atoms with van der Waals surface area (Å²) < 4.78 is 5.97. The minimum atomic E-state index is 0.474. The van der Waals surface area contributed by atoms with Gasteiger partial charge >= 0.3 is 0 Å². The summed E-state index contributed by atoms with van der Waals surface area (Å²) in [5.41, 5.74) is 9.13. The van der Waals surface area contributed by atoms with E-state index < -0.39 is 0 Å². The Bertz CT molecular complexity index is 597. The Morgan fingerprint density at radius 3 is 2.95 bits per heavy atom. The van der Waals surface area contributed by atoms with Crippen molar-refractivity contribution in [2.75, 3.05) is 18.1 Å². The zero-order valence-electron chi connectivity index (χ0n) is 10.9. The first-order chi connectivity index (χ1) is 9.25. The third kappa shape index (κ3) is 2.43. The number of nitrogens with two attached hydrogens (primary N) is 1. The molecule has 1 heterocycles.